The van der Waals surface area contributed by atoms with E-state index in [2.05, 4.69) is 5.32 Å². The Kier molecular flexibility index (Phi) is 7.83. The molecular weight excluding hydrogens is 237 g/mol. The molecule has 0 bridgehead atoms. The van der Waals surface area contributed by atoms with Crippen LogP contribution >= 0.6 is 24.8 Å². The first-order chi connectivity index (χ1) is 6.15. The van der Waals surface area contributed by atoms with E-state index in [9.17, 15) is 4.79 Å². The van der Waals surface area contributed by atoms with Crippen molar-refractivity contribution < 1.29 is 4.79 Å². The molecule has 6 heteroatoms. The first-order valence-electron chi connectivity index (χ1n) is 4.08. The highest BCUT2D eigenvalue weighted by atomic mass is 35.5. The molecule has 4 nitrogen and oxygen atoms in total. The second-order valence-electron chi connectivity index (χ2n) is 2.70. The van der Waals surface area contributed by atoms with E-state index < -0.39 is 0 Å². The molecule has 0 heterocycles. The smallest absolute Gasteiger partial charge is 0.251 e. The van der Waals surface area contributed by atoms with E-state index in [-0.39, 0.29) is 30.7 Å². The van der Waals surface area contributed by atoms with E-state index >= 15 is 0 Å². The summed E-state index contributed by atoms with van der Waals surface area (Å²) in [6.07, 6.45) is 0. The van der Waals surface area contributed by atoms with Crippen molar-refractivity contribution in [2.45, 2.75) is 6.92 Å². The molecule has 0 saturated heterocycles. The molecule has 5 N–H and O–H groups in total. The number of carbonyl (C=O) groups is 1. The number of nitrogens with two attached hydrogens (primary N) is 2. The molecular formula is C9H15Cl2N3O. The molecule has 0 aliphatic heterocycles. The van der Waals surface area contributed by atoms with Crippen LogP contribution in [0.4, 0.5) is 11.4 Å². The van der Waals surface area contributed by atoms with E-state index in [4.69, 9.17) is 11.5 Å². The topological polar surface area (TPSA) is 81.1 Å². The Labute approximate surface area is 101 Å². The van der Waals surface area contributed by atoms with Gasteiger partial charge in [-0.15, -0.1) is 24.8 Å². The Morgan fingerprint density at radius 1 is 1.27 bits per heavy atom. The summed E-state index contributed by atoms with van der Waals surface area (Å²) in [5, 5.41) is 2.67. The standard InChI is InChI=1S/C9H13N3O.2ClH/c1-2-12-9(13)6-3-4-7(10)8(11)5-6;;/h3-5H,2,10-11H2,1H3,(H,12,13);2*1H. The maximum atomic E-state index is 11.3. The Balaban J connectivity index is 0. The van der Waals surface area contributed by atoms with Gasteiger partial charge in [0.1, 0.15) is 0 Å². The minimum atomic E-state index is -0.130. The van der Waals surface area contributed by atoms with Crippen LogP contribution in [0, 0.1) is 0 Å². The van der Waals surface area contributed by atoms with Crippen LogP contribution in [0.1, 0.15) is 17.3 Å². The molecule has 1 amide bonds. The van der Waals surface area contributed by atoms with Gasteiger partial charge < -0.3 is 16.8 Å². The van der Waals surface area contributed by atoms with Crippen LogP contribution in [0.25, 0.3) is 0 Å². The Bertz CT molecular complexity index is 331. The molecule has 0 spiro atoms. The minimum Gasteiger partial charge on any atom is -0.397 e. The molecule has 0 unspecified atom stereocenters. The van der Waals surface area contributed by atoms with E-state index in [1.165, 1.54) is 0 Å². The van der Waals surface area contributed by atoms with Gasteiger partial charge in [-0.25, -0.2) is 0 Å². The van der Waals surface area contributed by atoms with E-state index in [1.807, 2.05) is 6.92 Å². The second kappa shape index (κ2) is 7.20. The molecule has 0 fully saturated rings. The highest BCUT2D eigenvalue weighted by Gasteiger charge is 2.04. The van der Waals surface area contributed by atoms with Gasteiger partial charge in [0.05, 0.1) is 11.4 Å². The summed E-state index contributed by atoms with van der Waals surface area (Å²) in [6.45, 7) is 2.46. The van der Waals surface area contributed by atoms with Gasteiger partial charge in [0.25, 0.3) is 5.91 Å². The van der Waals surface area contributed by atoms with Crippen LogP contribution in [-0.2, 0) is 0 Å². The van der Waals surface area contributed by atoms with E-state index in [1.54, 1.807) is 18.2 Å². The quantitative estimate of drug-likeness (QED) is 0.696. The summed E-state index contributed by atoms with van der Waals surface area (Å²) >= 11 is 0. The number of halogens is 2. The van der Waals surface area contributed by atoms with Crippen molar-refractivity contribution in [2.75, 3.05) is 18.0 Å². The number of hydrogen-bond acceptors (Lipinski definition) is 3. The first-order valence-corrected chi connectivity index (χ1v) is 4.08. The number of benzene rings is 1. The lowest BCUT2D eigenvalue weighted by Gasteiger charge is -2.04. The van der Waals surface area contributed by atoms with Crippen molar-refractivity contribution in [2.24, 2.45) is 0 Å². The lowest BCUT2D eigenvalue weighted by Crippen LogP contribution is -2.22. The molecule has 0 aliphatic rings. The van der Waals surface area contributed by atoms with E-state index in [0.29, 0.717) is 23.5 Å². The van der Waals surface area contributed by atoms with Gasteiger partial charge in [-0.2, -0.15) is 0 Å². The fourth-order valence-electron chi connectivity index (χ4n) is 0.979. The number of nitrogens with one attached hydrogen (secondary N) is 1. The van der Waals surface area contributed by atoms with Gasteiger partial charge in [0, 0.05) is 12.1 Å². The Morgan fingerprint density at radius 2 is 1.87 bits per heavy atom. The van der Waals surface area contributed by atoms with Gasteiger partial charge >= 0.3 is 0 Å². The maximum absolute atomic E-state index is 11.3. The molecule has 1 aromatic carbocycles. The zero-order chi connectivity index (χ0) is 9.84. The maximum Gasteiger partial charge on any atom is 0.251 e. The summed E-state index contributed by atoms with van der Waals surface area (Å²) in [6, 6.07) is 4.84. The third-order valence-corrected chi connectivity index (χ3v) is 1.69. The lowest BCUT2D eigenvalue weighted by molar-refractivity contribution is 0.0956. The second-order valence-corrected chi connectivity index (χ2v) is 2.70. The summed E-state index contributed by atoms with van der Waals surface area (Å²) in [4.78, 5) is 11.3. The van der Waals surface area contributed by atoms with Crippen molar-refractivity contribution in [1.82, 2.24) is 5.32 Å². The highest BCUT2D eigenvalue weighted by Crippen LogP contribution is 2.15. The van der Waals surface area contributed by atoms with Crippen LogP contribution in [0.2, 0.25) is 0 Å². The third-order valence-electron chi connectivity index (χ3n) is 1.69. The van der Waals surface area contributed by atoms with Crippen LogP contribution in [0.5, 0.6) is 0 Å². The van der Waals surface area contributed by atoms with Crippen LogP contribution in [-0.4, -0.2) is 12.5 Å². The van der Waals surface area contributed by atoms with E-state index in [0.717, 1.165) is 0 Å². The number of anilines is 2. The first kappa shape index (κ1) is 16.3. The normalized spacial score (nSPS) is 8.33. The molecule has 0 atom stereocenters. The number of carbonyl (C=O) groups excluding carboxylic acids is 1. The number of amides is 1. The SMILES string of the molecule is CCNC(=O)c1ccc(N)c(N)c1.Cl.Cl. The van der Waals surface area contributed by atoms with Gasteiger partial charge in [-0.1, -0.05) is 0 Å². The van der Waals surface area contributed by atoms with Crippen molar-refractivity contribution in [3.8, 4) is 0 Å². The lowest BCUT2D eigenvalue weighted by atomic mass is 10.1. The number of rotatable bonds is 2. The summed E-state index contributed by atoms with van der Waals surface area (Å²) in [5.41, 5.74) is 12.5. The molecule has 0 saturated carbocycles. The van der Waals surface area contributed by atoms with Crippen molar-refractivity contribution in [3.05, 3.63) is 23.8 Å². The van der Waals surface area contributed by atoms with Crippen LogP contribution < -0.4 is 16.8 Å². The fraction of sp³-hybridized carbons (Fsp3) is 0.222. The average molecular weight is 252 g/mol. The molecule has 0 aromatic heterocycles. The molecule has 0 radical (unpaired) electrons. The predicted octanol–water partition coefficient (Wildman–Crippen LogP) is 1.44. The average Bonchev–Trinajstić information content (AvgIpc) is 2.10. The van der Waals surface area contributed by atoms with Gasteiger partial charge in [-0.3, -0.25) is 4.79 Å². The van der Waals surface area contributed by atoms with Crippen molar-refractivity contribution in [1.29, 1.82) is 0 Å². The van der Waals surface area contributed by atoms with Crippen LogP contribution in [0.3, 0.4) is 0 Å². The number of nitrogen functional groups attached to an aromatic ring is 2. The number of hydrogen-bond donors (Lipinski definition) is 3. The summed E-state index contributed by atoms with van der Waals surface area (Å²) in [5.74, 6) is -0.130. The molecule has 1 rings (SSSR count). The molecule has 15 heavy (non-hydrogen) atoms. The minimum absolute atomic E-state index is 0. The van der Waals surface area contributed by atoms with Crippen LogP contribution in [0.15, 0.2) is 18.2 Å². The zero-order valence-corrected chi connectivity index (χ0v) is 9.95. The van der Waals surface area contributed by atoms with Crippen molar-refractivity contribution >= 4 is 42.1 Å². The highest BCUT2D eigenvalue weighted by molar-refractivity contribution is 5.95. The molecule has 1 aromatic rings. The van der Waals surface area contributed by atoms with Gasteiger partial charge in [0.2, 0.25) is 0 Å². The van der Waals surface area contributed by atoms with Gasteiger partial charge in [0.15, 0.2) is 0 Å². The Hall–Kier alpha value is -1.13. The Morgan fingerprint density at radius 3 is 2.33 bits per heavy atom. The fourth-order valence-corrected chi connectivity index (χ4v) is 0.979. The molecule has 0 aliphatic carbocycles. The largest absolute Gasteiger partial charge is 0.397 e. The van der Waals surface area contributed by atoms with Gasteiger partial charge in [-0.05, 0) is 25.1 Å². The monoisotopic (exact) mass is 251 g/mol. The predicted molar refractivity (Wildman–Crippen MR) is 67.8 cm³/mol. The summed E-state index contributed by atoms with van der Waals surface area (Å²) < 4.78 is 0. The third kappa shape index (κ3) is 4.27. The molecule has 86 valence electrons. The summed E-state index contributed by atoms with van der Waals surface area (Å²) in [7, 11) is 0. The zero-order valence-electron chi connectivity index (χ0n) is 8.32. The van der Waals surface area contributed by atoms with Crippen molar-refractivity contribution in [3.63, 3.8) is 0 Å².